The smallest absolute Gasteiger partial charge is 0.227 e. The van der Waals surface area contributed by atoms with E-state index in [1.54, 1.807) is 7.11 Å². The molecule has 0 spiro atoms. The molecule has 1 aliphatic rings. The van der Waals surface area contributed by atoms with Crippen LogP contribution in [0.1, 0.15) is 24.0 Å². The van der Waals surface area contributed by atoms with Crippen molar-refractivity contribution in [2.75, 3.05) is 12.4 Å². The molecule has 0 bridgehead atoms. The number of hydrogen-bond acceptors (Lipinski definition) is 3. The van der Waals surface area contributed by atoms with Crippen molar-refractivity contribution in [3.63, 3.8) is 0 Å². The predicted octanol–water partition coefficient (Wildman–Crippen LogP) is 2.90. The van der Waals surface area contributed by atoms with Crippen molar-refractivity contribution >= 4 is 17.5 Å². The summed E-state index contributed by atoms with van der Waals surface area (Å²) in [6.07, 6.45) is 1.57. The van der Waals surface area contributed by atoms with Gasteiger partial charge in [0.2, 0.25) is 11.8 Å². The molecule has 2 aromatic rings. The molecule has 0 saturated carbocycles. The van der Waals surface area contributed by atoms with E-state index in [1.165, 1.54) is 0 Å². The van der Waals surface area contributed by atoms with E-state index < -0.39 is 0 Å². The molecule has 1 heterocycles. The first-order chi connectivity index (χ1) is 12.2. The number of benzene rings is 2. The number of nitrogens with one attached hydrogen (secondary N) is 2. The highest BCUT2D eigenvalue weighted by Gasteiger charge is 2.26. The monoisotopic (exact) mass is 338 g/mol. The molecule has 3 rings (SSSR count). The van der Waals surface area contributed by atoms with Crippen molar-refractivity contribution in [1.82, 2.24) is 5.32 Å². The Labute approximate surface area is 147 Å². The number of carbonyl (C=O) groups excluding carboxylic acids is 2. The fourth-order valence-corrected chi connectivity index (χ4v) is 3.02. The Hall–Kier alpha value is -2.82. The van der Waals surface area contributed by atoms with Crippen LogP contribution < -0.4 is 15.4 Å². The quantitative estimate of drug-likeness (QED) is 0.851. The van der Waals surface area contributed by atoms with Crippen LogP contribution >= 0.6 is 0 Å². The van der Waals surface area contributed by atoms with Crippen molar-refractivity contribution in [2.45, 2.75) is 25.8 Å². The third-order valence-electron chi connectivity index (χ3n) is 4.46. The van der Waals surface area contributed by atoms with Crippen LogP contribution in [-0.4, -0.2) is 18.9 Å². The topological polar surface area (TPSA) is 67.4 Å². The summed E-state index contributed by atoms with van der Waals surface area (Å²) in [4.78, 5) is 24.3. The molecule has 25 heavy (non-hydrogen) atoms. The van der Waals surface area contributed by atoms with Gasteiger partial charge in [0.1, 0.15) is 5.75 Å². The van der Waals surface area contributed by atoms with Crippen molar-refractivity contribution in [2.24, 2.45) is 5.92 Å². The summed E-state index contributed by atoms with van der Waals surface area (Å²) < 4.78 is 5.17. The molecule has 2 N–H and O–H groups in total. The number of hydrogen-bond donors (Lipinski definition) is 2. The number of carbonyl (C=O) groups is 2. The Kier molecular flexibility index (Phi) is 5.33. The van der Waals surface area contributed by atoms with Gasteiger partial charge in [0.15, 0.2) is 0 Å². The lowest BCUT2D eigenvalue weighted by atomic mass is 9.89. The van der Waals surface area contributed by atoms with Crippen LogP contribution in [0.2, 0.25) is 0 Å². The highest BCUT2D eigenvalue weighted by Crippen LogP contribution is 2.27. The number of fused-ring (bicyclic) bond motifs is 1. The predicted molar refractivity (Wildman–Crippen MR) is 96.3 cm³/mol. The zero-order valence-electron chi connectivity index (χ0n) is 14.2. The zero-order chi connectivity index (χ0) is 17.6. The van der Waals surface area contributed by atoms with E-state index in [-0.39, 0.29) is 17.7 Å². The molecular formula is C20H22N2O3. The largest absolute Gasteiger partial charge is 0.497 e. The van der Waals surface area contributed by atoms with E-state index in [0.29, 0.717) is 25.8 Å². The first-order valence-electron chi connectivity index (χ1n) is 8.44. The maximum absolute atomic E-state index is 12.2. The van der Waals surface area contributed by atoms with Crippen molar-refractivity contribution < 1.29 is 14.3 Å². The van der Waals surface area contributed by atoms with Crippen LogP contribution in [0.15, 0.2) is 48.5 Å². The average Bonchev–Trinajstić information content (AvgIpc) is 2.64. The minimum atomic E-state index is -0.155. The lowest BCUT2D eigenvalue weighted by Crippen LogP contribution is -2.31. The van der Waals surface area contributed by atoms with E-state index in [4.69, 9.17) is 4.74 Å². The minimum absolute atomic E-state index is 0.000652. The van der Waals surface area contributed by atoms with Gasteiger partial charge in [-0.05, 0) is 42.2 Å². The molecule has 0 radical (unpaired) electrons. The lowest BCUT2D eigenvalue weighted by molar-refractivity contribution is -0.122. The van der Waals surface area contributed by atoms with Crippen LogP contribution in [0, 0.1) is 5.92 Å². The summed E-state index contributed by atoms with van der Waals surface area (Å²) in [5.41, 5.74) is 2.99. The van der Waals surface area contributed by atoms with Gasteiger partial charge in [-0.25, -0.2) is 0 Å². The molecule has 0 saturated heterocycles. The van der Waals surface area contributed by atoms with Crippen LogP contribution in [0.3, 0.4) is 0 Å². The molecule has 5 heteroatoms. The number of rotatable bonds is 6. The Morgan fingerprint density at radius 3 is 2.92 bits per heavy atom. The lowest BCUT2D eigenvalue weighted by Gasteiger charge is -2.24. The fraction of sp³-hybridized carbons (Fsp3) is 0.300. The van der Waals surface area contributed by atoms with Gasteiger partial charge in [-0.15, -0.1) is 0 Å². The molecule has 5 nitrogen and oxygen atoms in total. The van der Waals surface area contributed by atoms with E-state index in [1.807, 2.05) is 48.5 Å². The van der Waals surface area contributed by atoms with Crippen molar-refractivity contribution in [1.29, 1.82) is 0 Å². The molecule has 0 fully saturated rings. The van der Waals surface area contributed by atoms with Gasteiger partial charge in [-0.3, -0.25) is 9.59 Å². The van der Waals surface area contributed by atoms with E-state index >= 15 is 0 Å². The number of amides is 2. The molecule has 2 aromatic carbocycles. The number of anilines is 1. The first-order valence-corrected chi connectivity index (χ1v) is 8.44. The van der Waals surface area contributed by atoms with Gasteiger partial charge in [-0.2, -0.15) is 0 Å². The minimum Gasteiger partial charge on any atom is -0.497 e. The van der Waals surface area contributed by atoms with Gasteiger partial charge in [0.05, 0.1) is 7.11 Å². The van der Waals surface area contributed by atoms with Gasteiger partial charge >= 0.3 is 0 Å². The highest BCUT2D eigenvalue weighted by atomic mass is 16.5. The standard InChI is InChI=1S/C20H22N2O3/c1-25-17-7-4-5-14(11-17)13-21-19(23)10-9-16-12-15-6-2-3-8-18(15)22-20(16)24/h2-8,11,16H,9-10,12-13H2,1H3,(H,21,23)(H,22,24). The first kappa shape index (κ1) is 17.0. The van der Waals surface area contributed by atoms with Gasteiger partial charge in [0, 0.05) is 24.6 Å². The maximum Gasteiger partial charge on any atom is 0.227 e. The highest BCUT2D eigenvalue weighted by molar-refractivity contribution is 5.96. The summed E-state index contributed by atoms with van der Waals surface area (Å²) in [6, 6.07) is 15.4. The fourth-order valence-electron chi connectivity index (χ4n) is 3.02. The summed E-state index contributed by atoms with van der Waals surface area (Å²) in [6.45, 7) is 0.454. The molecule has 0 aromatic heterocycles. The summed E-state index contributed by atoms with van der Waals surface area (Å²) >= 11 is 0. The van der Waals surface area contributed by atoms with Crippen LogP contribution in [0.5, 0.6) is 5.75 Å². The summed E-state index contributed by atoms with van der Waals surface area (Å²) in [7, 11) is 1.62. The normalized spacial score (nSPS) is 15.9. The Balaban J connectivity index is 1.48. The zero-order valence-corrected chi connectivity index (χ0v) is 14.2. The summed E-state index contributed by atoms with van der Waals surface area (Å²) in [5.74, 6) is 0.565. The second-order valence-corrected chi connectivity index (χ2v) is 6.21. The third-order valence-corrected chi connectivity index (χ3v) is 4.46. The molecule has 1 atom stereocenters. The number of ether oxygens (including phenoxy) is 1. The van der Waals surface area contributed by atoms with Crippen LogP contribution in [0.25, 0.3) is 0 Å². The third kappa shape index (κ3) is 4.38. The number of methoxy groups -OCH3 is 1. The average molecular weight is 338 g/mol. The van der Waals surface area contributed by atoms with Crippen LogP contribution in [0.4, 0.5) is 5.69 Å². The van der Waals surface area contributed by atoms with E-state index in [2.05, 4.69) is 10.6 Å². The molecule has 0 aliphatic carbocycles. The second-order valence-electron chi connectivity index (χ2n) is 6.21. The van der Waals surface area contributed by atoms with E-state index in [9.17, 15) is 9.59 Å². The molecule has 2 amide bonds. The second kappa shape index (κ2) is 7.83. The van der Waals surface area contributed by atoms with Gasteiger partial charge in [0.25, 0.3) is 0 Å². The Morgan fingerprint density at radius 1 is 1.24 bits per heavy atom. The SMILES string of the molecule is COc1cccc(CNC(=O)CCC2Cc3ccccc3NC2=O)c1. The van der Waals surface area contributed by atoms with Crippen LogP contribution in [-0.2, 0) is 22.6 Å². The van der Waals surface area contributed by atoms with Gasteiger partial charge in [-0.1, -0.05) is 30.3 Å². The Morgan fingerprint density at radius 2 is 2.08 bits per heavy atom. The van der Waals surface area contributed by atoms with E-state index in [0.717, 1.165) is 22.6 Å². The molecule has 1 aliphatic heterocycles. The maximum atomic E-state index is 12.2. The Bertz CT molecular complexity index is 773. The summed E-state index contributed by atoms with van der Waals surface area (Å²) in [5, 5.41) is 5.82. The number of para-hydroxylation sites is 1. The van der Waals surface area contributed by atoms with Gasteiger partial charge < -0.3 is 15.4 Å². The van der Waals surface area contributed by atoms with Crippen molar-refractivity contribution in [3.05, 3.63) is 59.7 Å². The molecule has 1 unspecified atom stereocenters. The molecular weight excluding hydrogens is 316 g/mol. The van der Waals surface area contributed by atoms with Crippen molar-refractivity contribution in [3.8, 4) is 5.75 Å². The molecule has 130 valence electrons.